The van der Waals surface area contributed by atoms with Crippen molar-refractivity contribution in [1.82, 2.24) is 25.0 Å². The highest BCUT2D eigenvalue weighted by atomic mass is 16.5. The first-order valence-electron chi connectivity index (χ1n) is 11.5. The Kier molecular flexibility index (Phi) is 8.12. The summed E-state index contributed by atoms with van der Waals surface area (Å²) in [5, 5.41) is 3.42. The van der Waals surface area contributed by atoms with Crippen molar-refractivity contribution in [1.29, 1.82) is 0 Å². The number of nitrogens with zero attached hydrogens (tertiary/aromatic N) is 5. The Hall–Kier alpha value is -2.35. The number of aliphatic imine (C=N–C) groups is 1. The number of nitrogens with one attached hydrogen (secondary N) is 1. The molecule has 1 aromatic rings. The Bertz CT molecular complexity index is 783. The monoisotopic (exact) mass is 430 g/mol. The Balaban J connectivity index is 1.62. The van der Waals surface area contributed by atoms with Crippen molar-refractivity contribution in [3.63, 3.8) is 0 Å². The summed E-state index contributed by atoms with van der Waals surface area (Å²) in [5.74, 6) is 2.07. The summed E-state index contributed by atoms with van der Waals surface area (Å²) in [6, 6.07) is -0.0494. The number of pyridine rings is 1. The number of methoxy groups -OCH3 is 1. The lowest BCUT2D eigenvalue weighted by molar-refractivity contribution is -0.135. The number of ether oxygens (including phenoxy) is 1. The van der Waals surface area contributed by atoms with Crippen LogP contribution in [0, 0.1) is 13.8 Å². The van der Waals surface area contributed by atoms with Gasteiger partial charge in [0.25, 0.3) is 0 Å². The van der Waals surface area contributed by atoms with Crippen LogP contribution in [0.2, 0.25) is 0 Å². The van der Waals surface area contributed by atoms with E-state index in [9.17, 15) is 4.79 Å². The normalized spacial score (nSPS) is 18.9. The molecule has 2 saturated heterocycles. The van der Waals surface area contributed by atoms with Gasteiger partial charge in [-0.15, -0.1) is 0 Å². The zero-order chi connectivity index (χ0) is 22.4. The number of carbonyl (C=O) groups excluding carboxylic acids is 1. The van der Waals surface area contributed by atoms with Crippen molar-refractivity contribution in [3.8, 4) is 5.75 Å². The summed E-state index contributed by atoms with van der Waals surface area (Å²) in [5.41, 5.74) is 3.01. The van der Waals surface area contributed by atoms with E-state index < -0.39 is 0 Å². The molecule has 3 rings (SSSR count). The molecule has 2 aliphatic rings. The third kappa shape index (κ3) is 5.47. The van der Waals surface area contributed by atoms with Crippen LogP contribution < -0.4 is 10.1 Å². The average molecular weight is 431 g/mol. The minimum absolute atomic E-state index is 0.0494. The molecule has 2 fully saturated rings. The average Bonchev–Trinajstić information content (AvgIpc) is 3.32. The molecule has 1 aromatic heterocycles. The van der Waals surface area contributed by atoms with Crippen molar-refractivity contribution in [2.75, 3.05) is 52.9 Å². The lowest BCUT2D eigenvalue weighted by Crippen LogP contribution is -2.57. The molecule has 1 unspecified atom stereocenters. The van der Waals surface area contributed by atoms with Gasteiger partial charge >= 0.3 is 0 Å². The Labute approximate surface area is 186 Å². The Morgan fingerprint density at radius 2 is 1.84 bits per heavy atom. The minimum atomic E-state index is -0.0494. The fraction of sp³-hybridized carbons (Fsp3) is 0.696. The molecule has 0 radical (unpaired) electrons. The molecule has 8 heteroatoms. The molecule has 1 atom stereocenters. The molecule has 1 N–H and O–H groups in total. The van der Waals surface area contributed by atoms with E-state index in [0.717, 1.165) is 87.2 Å². The fourth-order valence-electron chi connectivity index (χ4n) is 4.49. The predicted molar refractivity (Wildman–Crippen MR) is 124 cm³/mol. The van der Waals surface area contributed by atoms with E-state index in [1.807, 2.05) is 24.9 Å². The van der Waals surface area contributed by atoms with Gasteiger partial charge in [-0.3, -0.25) is 14.7 Å². The third-order valence-electron chi connectivity index (χ3n) is 6.40. The van der Waals surface area contributed by atoms with Gasteiger partial charge in [0.05, 0.1) is 25.4 Å². The molecule has 172 valence electrons. The van der Waals surface area contributed by atoms with E-state index in [-0.39, 0.29) is 11.9 Å². The highest BCUT2D eigenvalue weighted by Crippen LogP contribution is 2.24. The first-order valence-corrected chi connectivity index (χ1v) is 11.5. The SMILES string of the molecule is CCNC(=NCc1ncc(C)c(OC)c1C)N1CCN(C(C)C(=O)N2CCCC2)CC1. The molecular formula is C23H38N6O2. The maximum atomic E-state index is 12.7. The van der Waals surface area contributed by atoms with Crippen LogP contribution >= 0.6 is 0 Å². The number of carbonyl (C=O) groups is 1. The molecular weight excluding hydrogens is 392 g/mol. The zero-order valence-corrected chi connectivity index (χ0v) is 19.8. The van der Waals surface area contributed by atoms with Crippen LogP contribution in [0.25, 0.3) is 0 Å². The van der Waals surface area contributed by atoms with Gasteiger partial charge in [-0.2, -0.15) is 0 Å². The largest absolute Gasteiger partial charge is 0.496 e. The lowest BCUT2D eigenvalue weighted by Gasteiger charge is -2.39. The second-order valence-electron chi connectivity index (χ2n) is 8.45. The number of amides is 1. The topological polar surface area (TPSA) is 73.3 Å². The standard InChI is InChI=1S/C23H38N6O2/c1-6-24-23(26-16-20-18(3)21(31-5)17(2)15-25-20)29-13-11-27(12-14-29)19(4)22(30)28-9-7-8-10-28/h15,19H,6-14,16H2,1-5H3,(H,24,26). The summed E-state index contributed by atoms with van der Waals surface area (Å²) in [6.07, 6.45) is 4.12. The molecule has 0 aromatic carbocycles. The van der Waals surface area contributed by atoms with E-state index >= 15 is 0 Å². The van der Waals surface area contributed by atoms with Crippen LogP contribution in [-0.4, -0.2) is 90.5 Å². The van der Waals surface area contributed by atoms with E-state index in [2.05, 4.69) is 33.9 Å². The van der Waals surface area contributed by atoms with Gasteiger partial charge < -0.3 is 19.9 Å². The van der Waals surface area contributed by atoms with Crippen molar-refractivity contribution in [2.24, 2.45) is 4.99 Å². The number of aromatic nitrogens is 1. The van der Waals surface area contributed by atoms with Crippen molar-refractivity contribution in [2.45, 2.75) is 53.1 Å². The first kappa shape index (κ1) is 23.3. The molecule has 8 nitrogen and oxygen atoms in total. The molecule has 0 aliphatic carbocycles. The second-order valence-corrected chi connectivity index (χ2v) is 8.45. The Morgan fingerprint density at radius 3 is 2.45 bits per heavy atom. The smallest absolute Gasteiger partial charge is 0.239 e. The van der Waals surface area contributed by atoms with Gasteiger partial charge in [0.1, 0.15) is 5.75 Å². The van der Waals surface area contributed by atoms with Crippen LogP contribution in [0.3, 0.4) is 0 Å². The molecule has 31 heavy (non-hydrogen) atoms. The first-order chi connectivity index (χ1) is 15.0. The Morgan fingerprint density at radius 1 is 1.16 bits per heavy atom. The summed E-state index contributed by atoms with van der Waals surface area (Å²) in [6.45, 7) is 14.8. The highest BCUT2D eigenvalue weighted by Gasteiger charge is 2.30. The van der Waals surface area contributed by atoms with Crippen molar-refractivity contribution < 1.29 is 9.53 Å². The van der Waals surface area contributed by atoms with Crippen LogP contribution in [-0.2, 0) is 11.3 Å². The summed E-state index contributed by atoms with van der Waals surface area (Å²) in [4.78, 5) is 28.8. The number of piperazine rings is 1. The number of guanidine groups is 1. The second kappa shape index (κ2) is 10.8. The summed E-state index contributed by atoms with van der Waals surface area (Å²) >= 11 is 0. The van der Waals surface area contributed by atoms with Gasteiger partial charge in [0.2, 0.25) is 5.91 Å². The van der Waals surface area contributed by atoms with E-state index in [1.165, 1.54) is 0 Å². The number of hydrogen-bond acceptors (Lipinski definition) is 5. The quantitative estimate of drug-likeness (QED) is 0.548. The number of rotatable bonds is 6. The molecule has 1 amide bonds. The fourth-order valence-corrected chi connectivity index (χ4v) is 4.49. The van der Waals surface area contributed by atoms with Crippen LogP contribution in [0.4, 0.5) is 0 Å². The maximum absolute atomic E-state index is 12.7. The maximum Gasteiger partial charge on any atom is 0.239 e. The van der Waals surface area contributed by atoms with Crippen LogP contribution in [0.1, 0.15) is 43.5 Å². The molecule has 2 aliphatic heterocycles. The number of aryl methyl sites for hydroxylation is 1. The zero-order valence-electron chi connectivity index (χ0n) is 19.8. The van der Waals surface area contributed by atoms with Crippen molar-refractivity contribution in [3.05, 3.63) is 23.0 Å². The summed E-state index contributed by atoms with van der Waals surface area (Å²) < 4.78 is 5.53. The van der Waals surface area contributed by atoms with Crippen molar-refractivity contribution >= 4 is 11.9 Å². The molecule has 3 heterocycles. The minimum Gasteiger partial charge on any atom is -0.496 e. The molecule has 0 saturated carbocycles. The van der Waals surface area contributed by atoms with E-state index in [1.54, 1.807) is 7.11 Å². The van der Waals surface area contributed by atoms with Gasteiger partial charge in [-0.05, 0) is 40.5 Å². The number of likely N-dealkylation sites (tertiary alicyclic amines) is 1. The van der Waals surface area contributed by atoms with E-state index in [4.69, 9.17) is 9.73 Å². The lowest BCUT2D eigenvalue weighted by atomic mass is 10.1. The van der Waals surface area contributed by atoms with Gasteiger partial charge in [-0.25, -0.2) is 4.99 Å². The van der Waals surface area contributed by atoms with Gasteiger partial charge in [-0.1, -0.05) is 0 Å². The predicted octanol–water partition coefficient (Wildman–Crippen LogP) is 1.80. The van der Waals surface area contributed by atoms with Gasteiger partial charge in [0.15, 0.2) is 5.96 Å². The van der Waals surface area contributed by atoms with Gasteiger partial charge in [0, 0.05) is 63.1 Å². The van der Waals surface area contributed by atoms with Crippen LogP contribution in [0.5, 0.6) is 5.75 Å². The molecule has 0 spiro atoms. The van der Waals surface area contributed by atoms with Crippen LogP contribution in [0.15, 0.2) is 11.2 Å². The highest BCUT2D eigenvalue weighted by molar-refractivity contribution is 5.82. The van der Waals surface area contributed by atoms with E-state index in [0.29, 0.717) is 6.54 Å². The number of hydrogen-bond donors (Lipinski definition) is 1. The third-order valence-corrected chi connectivity index (χ3v) is 6.40. The summed E-state index contributed by atoms with van der Waals surface area (Å²) in [7, 11) is 1.70. The molecule has 0 bridgehead atoms.